The van der Waals surface area contributed by atoms with Gasteiger partial charge in [-0.1, -0.05) is 19.1 Å². The number of carbonyl (C=O) groups is 1. The molecule has 116 valence electrons. The predicted molar refractivity (Wildman–Crippen MR) is 83.0 cm³/mol. The Balaban J connectivity index is 1.93. The molecule has 21 heavy (non-hydrogen) atoms. The van der Waals surface area contributed by atoms with Gasteiger partial charge in [-0.3, -0.25) is 4.79 Å². The monoisotopic (exact) mass is 292 g/mol. The fraction of sp³-hybridized carbons (Fsp3) is 0.588. The molecule has 2 rings (SSSR count). The van der Waals surface area contributed by atoms with Crippen molar-refractivity contribution in [2.24, 2.45) is 5.92 Å². The second-order valence-corrected chi connectivity index (χ2v) is 6.22. The molecule has 0 saturated carbocycles. The zero-order valence-electron chi connectivity index (χ0n) is 13.2. The molecule has 1 unspecified atom stereocenters. The maximum absolute atomic E-state index is 13.7. The summed E-state index contributed by atoms with van der Waals surface area (Å²) in [6.07, 6.45) is 2.27. The summed E-state index contributed by atoms with van der Waals surface area (Å²) in [6.45, 7) is 4.77. The molecular weight excluding hydrogens is 267 g/mol. The number of carbonyl (C=O) groups excluding carboxylic acids is 1. The Hall–Kier alpha value is -1.26. The van der Waals surface area contributed by atoms with Crippen LogP contribution in [0.3, 0.4) is 0 Å². The first kappa shape index (κ1) is 16.1. The van der Waals surface area contributed by atoms with Gasteiger partial charge in [-0.2, -0.15) is 0 Å². The minimum atomic E-state index is -0.420. The number of likely N-dealkylation sites (tertiary alicyclic amines) is 1. The second kappa shape index (κ2) is 7.14. The molecule has 0 bridgehead atoms. The van der Waals surface area contributed by atoms with E-state index in [2.05, 4.69) is 23.9 Å². The third-order valence-corrected chi connectivity index (χ3v) is 4.46. The number of hydrogen-bond donors (Lipinski definition) is 0. The van der Waals surface area contributed by atoms with Crippen LogP contribution in [0.15, 0.2) is 24.3 Å². The molecule has 1 fully saturated rings. The second-order valence-electron chi connectivity index (χ2n) is 6.22. The van der Waals surface area contributed by atoms with Crippen LogP contribution in [0.2, 0.25) is 0 Å². The highest BCUT2D eigenvalue weighted by Gasteiger charge is 2.25. The Morgan fingerprint density at radius 3 is 2.62 bits per heavy atom. The van der Waals surface area contributed by atoms with Crippen molar-refractivity contribution < 1.29 is 9.18 Å². The highest BCUT2D eigenvalue weighted by Crippen LogP contribution is 2.18. The molecule has 1 heterocycles. The molecule has 0 spiro atoms. The zero-order chi connectivity index (χ0) is 15.4. The maximum atomic E-state index is 13.7. The number of piperidine rings is 1. The van der Waals surface area contributed by atoms with Gasteiger partial charge >= 0.3 is 0 Å². The van der Waals surface area contributed by atoms with Crippen LogP contribution in [0.1, 0.15) is 30.1 Å². The first-order valence-corrected chi connectivity index (χ1v) is 7.66. The van der Waals surface area contributed by atoms with E-state index < -0.39 is 5.82 Å². The number of Topliss-reactive ketones (excluding diaryl/α,β-unsaturated/α-hetero) is 1. The van der Waals surface area contributed by atoms with Gasteiger partial charge in [0.2, 0.25) is 0 Å². The van der Waals surface area contributed by atoms with Crippen LogP contribution in [0.5, 0.6) is 0 Å². The summed E-state index contributed by atoms with van der Waals surface area (Å²) < 4.78 is 13.7. The number of ketones is 1. The molecule has 0 radical (unpaired) electrons. The van der Waals surface area contributed by atoms with Gasteiger partial charge < -0.3 is 9.80 Å². The highest BCUT2D eigenvalue weighted by molar-refractivity contribution is 5.98. The van der Waals surface area contributed by atoms with Gasteiger partial charge in [-0.15, -0.1) is 0 Å². The first-order valence-electron chi connectivity index (χ1n) is 7.66. The SMILES string of the molecule is CC(CN(C)C1CCN(C)CC1)C(=O)c1ccccc1F. The van der Waals surface area contributed by atoms with E-state index >= 15 is 0 Å². The van der Waals surface area contributed by atoms with Crippen molar-refractivity contribution in [2.45, 2.75) is 25.8 Å². The predicted octanol–water partition coefficient (Wildman–Crippen LogP) is 2.67. The average Bonchev–Trinajstić information content (AvgIpc) is 2.47. The Morgan fingerprint density at radius 1 is 1.38 bits per heavy atom. The van der Waals surface area contributed by atoms with E-state index in [1.54, 1.807) is 18.2 Å². The summed E-state index contributed by atoms with van der Waals surface area (Å²) in [5, 5.41) is 0. The molecule has 4 heteroatoms. The van der Waals surface area contributed by atoms with Crippen molar-refractivity contribution in [3.05, 3.63) is 35.6 Å². The molecule has 1 aromatic rings. The standard InChI is InChI=1S/C17H25FN2O/c1-13(17(21)15-6-4-5-7-16(15)18)12-20(3)14-8-10-19(2)11-9-14/h4-7,13-14H,8-12H2,1-3H3. The quantitative estimate of drug-likeness (QED) is 0.780. The van der Waals surface area contributed by atoms with Crippen molar-refractivity contribution in [2.75, 3.05) is 33.7 Å². The molecule has 1 atom stereocenters. The molecular formula is C17H25FN2O. The lowest BCUT2D eigenvalue weighted by molar-refractivity contribution is 0.0847. The van der Waals surface area contributed by atoms with Gasteiger partial charge in [-0.25, -0.2) is 4.39 Å². The van der Waals surface area contributed by atoms with E-state index in [-0.39, 0.29) is 17.3 Å². The molecule has 1 aromatic carbocycles. The topological polar surface area (TPSA) is 23.6 Å². The molecule has 0 aromatic heterocycles. The normalized spacial score (nSPS) is 18.9. The van der Waals surface area contributed by atoms with Crippen LogP contribution in [0, 0.1) is 11.7 Å². The minimum absolute atomic E-state index is 0.104. The van der Waals surface area contributed by atoms with Crippen LogP contribution < -0.4 is 0 Å². The van der Waals surface area contributed by atoms with Gasteiger partial charge in [0.25, 0.3) is 0 Å². The van der Waals surface area contributed by atoms with Crippen molar-refractivity contribution in [3.63, 3.8) is 0 Å². The Kier molecular flexibility index (Phi) is 5.48. The minimum Gasteiger partial charge on any atom is -0.306 e. The van der Waals surface area contributed by atoms with Crippen LogP contribution in [-0.4, -0.2) is 55.4 Å². The summed E-state index contributed by atoms with van der Waals surface area (Å²) in [5.74, 6) is -0.712. The lowest BCUT2D eigenvalue weighted by atomic mass is 9.96. The van der Waals surface area contributed by atoms with Gasteiger partial charge in [0, 0.05) is 18.5 Å². The Bertz CT molecular complexity index is 483. The van der Waals surface area contributed by atoms with Gasteiger partial charge in [0.15, 0.2) is 5.78 Å². The average molecular weight is 292 g/mol. The molecule has 3 nitrogen and oxygen atoms in total. The molecule has 0 aliphatic carbocycles. The largest absolute Gasteiger partial charge is 0.306 e. The van der Waals surface area contributed by atoms with E-state index in [1.165, 1.54) is 6.07 Å². The van der Waals surface area contributed by atoms with E-state index in [1.807, 2.05) is 6.92 Å². The molecule has 1 saturated heterocycles. The summed E-state index contributed by atoms with van der Waals surface area (Å²) in [4.78, 5) is 17.0. The lowest BCUT2D eigenvalue weighted by Gasteiger charge is -2.36. The number of benzene rings is 1. The van der Waals surface area contributed by atoms with E-state index in [4.69, 9.17) is 0 Å². The summed E-state index contributed by atoms with van der Waals surface area (Å²) in [6, 6.07) is 6.77. The smallest absolute Gasteiger partial charge is 0.169 e. The van der Waals surface area contributed by atoms with Crippen molar-refractivity contribution in [3.8, 4) is 0 Å². The third-order valence-electron chi connectivity index (χ3n) is 4.46. The number of hydrogen-bond acceptors (Lipinski definition) is 3. The van der Waals surface area contributed by atoms with Crippen LogP contribution in [-0.2, 0) is 0 Å². The van der Waals surface area contributed by atoms with Crippen molar-refractivity contribution in [1.82, 2.24) is 9.80 Å². The molecule has 1 aliphatic heterocycles. The van der Waals surface area contributed by atoms with Crippen LogP contribution in [0.4, 0.5) is 4.39 Å². The highest BCUT2D eigenvalue weighted by atomic mass is 19.1. The number of rotatable bonds is 5. The Morgan fingerprint density at radius 2 is 2.00 bits per heavy atom. The first-order chi connectivity index (χ1) is 9.99. The van der Waals surface area contributed by atoms with Crippen LogP contribution in [0.25, 0.3) is 0 Å². The molecule has 1 aliphatic rings. The zero-order valence-corrected chi connectivity index (χ0v) is 13.2. The maximum Gasteiger partial charge on any atom is 0.169 e. The third kappa shape index (κ3) is 4.11. The number of nitrogens with zero attached hydrogens (tertiary/aromatic N) is 2. The van der Waals surface area contributed by atoms with Gasteiger partial charge in [-0.05, 0) is 52.2 Å². The number of halogens is 1. The van der Waals surface area contributed by atoms with Gasteiger partial charge in [0.1, 0.15) is 5.82 Å². The van der Waals surface area contributed by atoms with Crippen molar-refractivity contribution >= 4 is 5.78 Å². The van der Waals surface area contributed by atoms with Crippen LogP contribution >= 0.6 is 0 Å². The molecule has 0 amide bonds. The van der Waals surface area contributed by atoms with Gasteiger partial charge in [0.05, 0.1) is 5.56 Å². The fourth-order valence-corrected chi connectivity index (χ4v) is 3.03. The summed E-state index contributed by atoms with van der Waals surface area (Å²) >= 11 is 0. The van der Waals surface area contributed by atoms with E-state index in [0.29, 0.717) is 12.6 Å². The summed E-state index contributed by atoms with van der Waals surface area (Å²) in [7, 11) is 4.21. The summed E-state index contributed by atoms with van der Waals surface area (Å²) in [5.41, 5.74) is 0.210. The fourth-order valence-electron chi connectivity index (χ4n) is 3.03. The van der Waals surface area contributed by atoms with E-state index in [0.717, 1.165) is 25.9 Å². The Labute approximate surface area is 126 Å². The van der Waals surface area contributed by atoms with Crippen molar-refractivity contribution in [1.29, 1.82) is 0 Å². The van der Waals surface area contributed by atoms with E-state index in [9.17, 15) is 9.18 Å². The lowest BCUT2D eigenvalue weighted by Crippen LogP contribution is -2.44. The molecule has 0 N–H and O–H groups in total.